The molecule has 0 fully saturated rings. The highest BCUT2D eigenvalue weighted by atomic mass is 32.1. The summed E-state index contributed by atoms with van der Waals surface area (Å²) in [6.07, 6.45) is 3.71. The number of hydroxylamine groups is 2. The van der Waals surface area contributed by atoms with Gasteiger partial charge in [0, 0.05) is 14.1 Å². The Balaban J connectivity index is 0.000000396. The van der Waals surface area contributed by atoms with Crippen molar-refractivity contribution in [2.45, 2.75) is 33.1 Å². The number of aromatic carboxylic acids is 1. The van der Waals surface area contributed by atoms with E-state index in [-0.39, 0.29) is 15.7 Å². The first-order chi connectivity index (χ1) is 13.7. The van der Waals surface area contributed by atoms with Crippen LogP contribution in [0.3, 0.4) is 0 Å². The summed E-state index contributed by atoms with van der Waals surface area (Å²) < 4.78 is 26.8. The average Bonchev–Trinajstić information content (AvgIpc) is 2.99. The van der Waals surface area contributed by atoms with E-state index < -0.39 is 29.1 Å². The van der Waals surface area contributed by atoms with Gasteiger partial charge >= 0.3 is 5.97 Å². The number of halogens is 2. The third-order valence-electron chi connectivity index (χ3n) is 3.50. The molecule has 0 radical (unpaired) electrons. The Bertz CT molecular complexity index is 808. The van der Waals surface area contributed by atoms with Crippen LogP contribution in [-0.4, -0.2) is 47.7 Å². The number of unbranched alkanes of at least 4 members (excludes halogenated alkanes) is 2. The van der Waals surface area contributed by atoms with E-state index in [1.165, 1.54) is 26.2 Å². The van der Waals surface area contributed by atoms with Gasteiger partial charge < -0.3 is 5.11 Å². The van der Waals surface area contributed by atoms with Crippen molar-refractivity contribution in [3.63, 3.8) is 0 Å². The number of thiazole rings is 1. The fourth-order valence-electron chi connectivity index (χ4n) is 2.12. The van der Waals surface area contributed by atoms with Crippen LogP contribution in [0.5, 0.6) is 0 Å². The second-order valence-corrected chi connectivity index (χ2v) is 7.14. The molecular weight excluding hydrogens is 404 g/mol. The van der Waals surface area contributed by atoms with E-state index in [2.05, 4.69) is 17.2 Å². The van der Waals surface area contributed by atoms with Crippen molar-refractivity contribution in [2.24, 2.45) is 0 Å². The molecular formula is C19H25F2N3O4S. The fourth-order valence-corrected chi connectivity index (χ4v) is 2.92. The van der Waals surface area contributed by atoms with E-state index in [0.29, 0.717) is 11.3 Å². The lowest BCUT2D eigenvalue weighted by Crippen LogP contribution is -2.15. The predicted molar refractivity (Wildman–Crippen MR) is 107 cm³/mol. The van der Waals surface area contributed by atoms with Gasteiger partial charge in [0.25, 0.3) is 5.91 Å². The summed E-state index contributed by atoms with van der Waals surface area (Å²) in [5.74, 6) is -4.22. The first kappa shape index (κ1) is 24.6. The lowest BCUT2D eigenvalue weighted by atomic mass is 10.2. The zero-order valence-corrected chi connectivity index (χ0v) is 17.6. The number of carboxylic acids is 1. The molecule has 10 heteroatoms. The van der Waals surface area contributed by atoms with Gasteiger partial charge in [-0.05, 0) is 25.5 Å². The molecule has 0 aliphatic heterocycles. The summed E-state index contributed by atoms with van der Waals surface area (Å²) in [6, 6.07) is 3.04. The third-order valence-corrected chi connectivity index (χ3v) is 4.56. The average molecular weight is 429 g/mol. The van der Waals surface area contributed by atoms with Crippen molar-refractivity contribution in [3.05, 3.63) is 46.0 Å². The van der Waals surface area contributed by atoms with Crippen molar-refractivity contribution < 1.29 is 28.3 Å². The van der Waals surface area contributed by atoms with E-state index in [4.69, 9.17) is 9.94 Å². The van der Waals surface area contributed by atoms with E-state index in [1.54, 1.807) is 5.06 Å². The topological polar surface area (TPSA) is 91.8 Å². The molecule has 0 unspecified atom stereocenters. The lowest BCUT2D eigenvalue weighted by Gasteiger charge is -2.08. The molecule has 1 heterocycles. The van der Waals surface area contributed by atoms with Crippen LogP contribution in [0.2, 0.25) is 0 Å². The van der Waals surface area contributed by atoms with Crippen LogP contribution in [0.25, 0.3) is 0 Å². The van der Waals surface area contributed by atoms with Gasteiger partial charge in [-0.1, -0.05) is 37.2 Å². The Kier molecular flexibility index (Phi) is 10.4. The molecule has 0 spiro atoms. The van der Waals surface area contributed by atoms with Crippen molar-refractivity contribution >= 4 is 28.3 Å². The molecule has 29 heavy (non-hydrogen) atoms. The van der Waals surface area contributed by atoms with Gasteiger partial charge in [-0.3, -0.25) is 14.9 Å². The van der Waals surface area contributed by atoms with Crippen LogP contribution in [0.1, 0.15) is 51.9 Å². The lowest BCUT2D eigenvalue weighted by molar-refractivity contribution is -0.120. The molecule has 2 N–H and O–H groups in total. The first-order valence-electron chi connectivity index (χ1n) is 8.93. The van der Waals surface area contributed by atoms with Crippen molar-refractivity contribution in [1.82, 2.24) is 10.0 Å². The third kappa shape index (κ3) is 8.22. The molecule has 7 nitrogen and oxygen atoms in total. The number of aromatic nitrogens is 1. The molecule has 0 aliphatic carbocycles. The maximum Gasteiger partial charge on any atom is 0.347 e. The van der Waals surface area contributed by atoms with Crippen LogP contribution in [0, 0.1) is 18.6 Å². The second-order valence-electron chi connectivity index (χ2n) is 6.14. The van der Waals surface area contributed by atoms with Gasteiger partial charge in [-0.25, -0.2) is 18.6 Å². The number of nitrogens with one attached hydrogen (secondary N) is 1. The molecule has 0 saturated carbocycles. The van der Waals surface area contributed by atoms with Gasteiger partial charge in [0.2, 0.25) is 0 Å². The number of carbonyl (C=O) groups excluding carboxylic acids is 1. The molecule has 2 aromatic rings. The number of anilines is 1. The summed E-state index contributed by atoms with van der Waals surface area (Å²) in [5, 5.41) is 12.7. The minimum atomic E-state index is -1.18. The van der Waals surface area contributed by atoms with Gasteiger partial charge in [0.1, 0.15) is 22.1 Å². The zero-order chi connectivity index (χ0) is 22.0. The monoisotopic (exact) mass is 429 g/mol. The Morgan fingerprint density at radius 1 is 1.24 bits per heavy atom. The van der Waals surface area contributed by atoms with Crippen LogP contribution in [-0.2, 0) is 4.84 Å². The molecule has 0 bridgehead atoms. The van der Waals surface area contributed by atoms with Crippen molar-refractivity contribution in [1.29, 1.82) is 0 Å². The predicted octanol–water partition coefficient (Wildman–Crippen LogP) is 4.35. The summed E-state index contributed by atoms with van der Waals surface area (Å²) in [7, 11) is 3.82. The van der Waals surface area contributed by atoms with E-state index in [9.17, 15) is 18.4 Å². The minimum Gasteiger partial charge on any atom is -0.477 e. The Labute approximate surface area is 172 Å². The SMILES string of the molecule is CCCCCON(C)C.Cc1nc(NC(=O)c2c(F)cccc2F)sc1C(=O)O. The zero-order valence-electron chi connectivity index (χ0n) is 16.8. The van der Waals surface area contributed by atoms with Gasteiger partial charge in [0.15, 0.2) is 5.13 Å². The number of carbonyl (C=O) groups is 2. The molecule has 1 aromatic heterocycles. The van der Waals surface area contributed by atoms with E-state index in [1.807, 2.05) is 14.1 Å². The highest BCUT2D eigenvalue weighted by Crippen LogP contribution is 2.23. The minimum absolute atomic E-state index is 0.0347. The molecule has 2 rings (SSSR count). The summed E-state index contributed by atoms with van der Waals surface area (Å²) in [5.41, 5.74) is -0.524. The largest absolute Gasteiger partial charge is 0.477 e. The Morgan fingerprint density at radius 2 is 1.86 bits per heavy atom. The number of aryl methyl sites for hydroxylation is 1. The molecule has 0 aliphatic rings. The first-order valence-corrected chi connectivity index (χ1v) is 9.75. The summed E-state index contributed by atoms with van der Waals surface area (Å²) >= 11 is 0.715. The molecule has 1 amide bonds. The molecule has 0 atom stereocenters. The van der Waals surface area contributed by atoms with Gasteiger partial charge in [-0.2, -0.15) is 5.06 Å². The number of nitrogens with zero attached hydrogens (tertiary/aromatic N) is 2. The highest BCUT2D eigenvalue weighted by molar-refractivity contribution is 7.17. The number of carboxylic acid groups (broad SMARTS) is 1. The van der Waals surface area contributed by atoms with Crippen LogP contribution >= 0.6 is 11.3 Å². The standard InChI is InChI=1S/C12H8F2N2O3S.C7H17NO/c1-5-9(11(18)19)20-12(15-5)16-10(17)8-6(13)3-2-4-7(8)14;1-4-5-6-7-9-8(2)3/h2-4H,1H3,(H,18,19)(H,15,16,17);4-7H2,1-3H3. The van der Waals surface area contributed by atoms with Crippen LogP contribution < -0.4 is 5.32 Å². The second kappa shape index (κ2) is 12.2. The number of benzene rings is 1. The van der Waals surface area contributed by atoms with Crippen molar-refractivity contribution in [3.8, 4) is 0 Å². The number of hydrogen-bond donors (Lipinski definition) is 2. The Hall–Kier alpha value is -2.43. The molecule has 1 aromatic carbocycles. The fraction of sp³-hybridized carbons (Fsp3) is 0.421. The normalized spacial score (nSPS) is 10.4. The molecule has 160 valence electrons. The number of rotatable bonds is 8. The number of amides is 1. The van der Waals surface area contributed by atoms with E-state index >= 15 is 0 Å². The van der Waals surface area contributed by atoms with Crippen LogP contribution in [0.15, 0.2) is 18.2 Å². The maximum atomic E-state index is 13.4. The van der Waals surface area contributed by atoms with E-state index in [0.717, 1.165) is 24.8 Å². The Morgan fingerprint density at radius 3 is 2.34 bits per heavy atom. The van der Waals surface area contributed by atoms with Gasteiger partial charge in [0.05, 0.1) is 12.3 Å². The number of hydrogen-bond acceptors (Lipinski definition) is 6. The smallest absolute Gasteiger partial charge is 0.347 e. The van der Waals surface area contributed by atoms with Gasteiger partial charge in [-0.15, -0.1) is 0 Å². The summed E-state index contributed by atoms with van der Waals surface area (Å²) in [6.45, 7) is 4.51. The maximum absolute atomic E-state index is 13.4. The highest BCUT2D eigenvalue weighted by Gasteiger charge is 2.20. The summed E-state index contributed by atoms with van der Waals surface area (Å²) in [4.78, 5) is 31.6. The quantitative estimate of drug-likeness (QED) is 0.479. The van der Waals surface area contributed by atoms with Crippen molar-refractivity contribution in [2.75, 3.05) is 26.0 Å². The van der Waals surface area contributed by atoms with Crippen LogP contribution in [0.4, 0.5) is 13.9 Å². The molecule has 0 saturated heterocycles.